The molecular weight excluding hydrogens is 210 g/mol. The first-order chi connectivity index (χ1) is 8.19. The molecule has 0 amide bonds. The highest BCUT2D eigenvalue weighted by Gasteiger charge is 2.09. The summed E-state index contributed by atoms with van der Waals surface area (Å²) in [4.78, 5) is 10.7. The second-order valence-electron chi connectivity index (χ2n) is 4.16. The molecule has 3 heteroatoms. The second-order valence-corrected chi connectivity index (χ2v) is 4.16. The van der Waals surface area contributed by atoms with Crippen molar-refractivity contribution in [1.29, 1.82) is 0 Å². The summed E-state index contributed by atoms with van der Waals surface area (Å²) in [5, 5.41) is 0. The third kappa shape index (κ3) is 4.02. The molecule has 0 atom stereocenters. The van der Waals surface area contributed by atoms with Gasteiger partial charge in [0, 0.05) is 26.0 Å². The first kappa shape index (κ1) is 13.4. The molecule has 17 heavy (non-hydrogen) atoms. The molecule has 3 nitrogen and oxygen atoms in total. The lowest BCUT2D eigenvalue weighted by atomic mass is 10.1. The quantitative estimate of drug-likeness (QED) is 0.728. The number of hydrogen-bond acceptors (Lipinski definition) is 3. The number of rotatable bonds is 5. The maximum atomic E-state index is 4.38. The van der Waals surface area contributed by atoms with Gasteiger partial charge in [0.15, 0.2) is 0 Å². The normalized spacial score (nSPS) is 12.4. The summed E-state index contributed by atoms with van der Waals surface area (Å²) >= 11 is 0. The van der Waals surface area contributed by atoms with Crippen LogP contribution in [0.3, 0.4) is 0 Å². The predicted octanol–water partition coefficient (Wildman–Crippen LogP) is 3.15. The minimum atomic E-state index is 0.487. The van der Waals surface area contributed by atoms with Crippen LogP contribution >= 0.6 is 0 Å². The zero-order chi connectivity index (χ0) is 12.7. The van der Waals surface area contributed by atoms with E-state index >= 15 is 0 Å². The number of pyridine rings is 1. The maximum Gasteiger partial charge on any atom is 0.132 e. The molecule has 0 saturated carbocycles. The van der Waals surface area contributed by atoms with E-state index in [1.807, 2.05) is 30.6 Å². The Bertz CT molecular complexity index is 380. The highest BCUT2D eigenvalue weighted by Crippen LogP contribution is 2.16. The van der Waals surface area contributed by atoms with Crippen molar-refractivity contribution >= 4 is 12.0 Å². The highest BCUT2D eigenvalue weighted by atomic mass is 15.2. The van der Waals surface area contributed by atoms with Crippen LogP contribution in [0.25, 0.3) is 0 Å². The van der Waals surface area contributed by atoms with Crippen LogP contribution in [0.5, 0.6) is 0 Å². The van der Waals surface area contributed by atoms with Crippen LogP contribution in [-0.4, -0.2) is 24.8 Å². The van der Waals surface area contributed by atoms with Crippen LogP contribution in [0, 0.1) is 5.92 Å². The molecule has 0 aliphatic heterocycles. The van der Waals surface area contributed by atoms with Gasteiger partial charge in [0.1, 0.15) is 5.82 Å². The van der Waals surface area contributed by atoms with Gasteiger partial charge in [-0.25, -0.2) is 4.98 Å². The zero-order valence-electron chi connectivity index (χ0n) is 11.1. The van der Waals surface area contributed by atoms with Crippen molar-refractivity contribution in [2.24, 2.45) is 10.9 Å². The largest absolute Gasteiger partial charge is 0.326 e. The summed E-state index contributed by atoms with van der Waals surface area (Å²) in [7, 11) is 1.79. The van der Waals surface area contributed by atoms with Crippen LogP contribution in [0.1, 0.15) is 20.8 Å². The monoisotopic (exact) mass is 231 g/mol. The van der Waals surface area contributed by atoms with Crippen molar-refractivity contribution in [2.45, 2.75) is 20.8 Å². The Hall–Kier alpha value is -1.64. The Kier molecular flexibility index (Phi) is 5.40. The van der Waals surface area contributed by atoms with E-state index in [0.717, 1.165) is 18.1 Å². The van der Waals surface area contributed by atoms with Gasteiger partial charge in [-0.1, -0.05) is 26.0 Å². The molecule has 0 saturated heterocycles. The molecular formula is C14H21N3. The molecule has 1 aromatic rings. The predicted molar refractivity (Wildman–Crippen MR) is 74.6 cm³/mol. The number of nitrogens with zero attached hydrogens (tertiary/aromatic N) is 3. The van der Waals surface area contributed by atoms with E-state index in [4.69, 9.17) is 0 Å². The van der Waals surface area contributed by atoms with E-state index in [9.17, 15) is 0 Å². The van der Waals surface area contributed by atoms with Gasteiger partial charge in [-0.2, -0.15) is 0 Å². The molecule has 1 heterocycles. The first-order valence-electron chi connectivity index (χ1n) is 6.01. The molecule has 0 aromatic carbocycles. The Morgan fingerprint density at radius 3 is 2.71 bits per heavy atom. The third-order valence-corrected chi connectivity index (χ3v) is 2.32. The highest BCUT2D eigenvalue weighted by molar-refractivity contribution is 5.83. The van der Waals surface area contributed by atoms with Crippen LogP contribution in [0.2, 0.25) is 0 Å². The third-order valence-electron chi connectivity index (χ3n) is 2.32. The summed E-state index contributed by atoms with van der Waals surface area (Å²) in [6.07, 6.45) is 5.90. The van der Waals surface area contributed by atoms with Gasteiger partial charge in [-0.3, -0.25) is 4.99 Å². The maximum absolute atomic E-state index is 4.38. The van der Waals surface area contributed by atoms with Crippen LogP contribution in [-0.2, 0) is 0 Å². The van der Waals surface area contributed by atoms with Gasteiger partial charge in [-0.05, 0) is 25.0 Å². The fourth-order valence-electron chi connectivity index (χ4n) is 1.67. The van der Waals surface area contributed by atoms with E-state index in [-0.39, 0.29) is 0 Å². The fourth-order valence-corrected chi connectivity index (χ4v) is 1.67. The van der Waals surface area contributed by atoms with Gasteiger partial charge >= 0.3 is 0 Å². The Morgan fingerprint density at radius 2 is 2.24 bits per heavy atom. The molecule has 0 spiro atoms. The Morgan fingerprint density at radius 1 is 1.47 bits per heavy atom. The Balaban J connectivity index is 3.06. The van der Waals surface area contributed by atoms with E-state index in [2.05, 4.69) is 41.7 Å². The lowest BCUT2D eigenvalue weighted by Crippen LogP contribution is -2.24. The molecule has 0 fully saturated rings. The van der Waals surface area contributed by atoms with Crippen LogP contribution in [0.4, 0.5) is 5.82 Å². The lowest BCUT2D eigenvalue weighted by Gasteiger charge is -2.23. The Labute approximate surface area is 104 Å². The average Bonchev–Trinajstić information content (AvgIpc) is 2.31. The molecule has 92 valence electrons. The molecule has 0 unspecified atom stereocenters. The topological polar surface area (TPSA) is 28.5 Å². The van der Waals surface area contributed by atoms with Crippen LogP contribution < -0.4 is 4.90 Å². The minimum Gasteiger partial charge on any atom is -0.326 e. The van der Waals surface area contributed by atoms with Crippen LogP contribution in [0.15, 0.2) is 41.2 Å². The summed E-state index contributed by atoms with van der Waals surface area (Å²) < 4.78 is 0. The number of anilines is 1. The first-order valence-corrected chi connectivity index (χ1v) is 6.01. The number of hydrogen-bond donors (Lipinski definition) is 0. The summed E-state index contributed by atoms with van der Waals surface area (Å²) in [6, 6.07) is 5.94. The number of aliphatic imine (C=N–C) groups is 1. The van der Waals surface area contributed by atoms with Gasteiger partial charge in [0.05, 0.1) is 5.70 Å². The van der Waals surface area contributed by atoms with Gasteiger partial charge in [-0.15, -0.1) is 0 Å². The molecule has 0 N–H and O–H groups in total. The molecule has 1 rings (SSSR count). The van der Waals surface area contributed by atoms with Crippen molar-refractivity contribution in [2.75, 3.05) is 18.5 Å². The zero-order valence-corrected chi connectivity index (χ0v) is 11.1. The molecule has 1 aromatic heterocycles. The van der Waals surface area contributed by atoms with Crippen molar-refractivity contribution in [3.05, 3.63) is 36.2 Å². The molecule has 0 aliphatic carbocycles. The van der Waals surface area contributed by atoms with Gasteiger partial charge in [0.25, 0.3) is 0 Å². The van der Waals surface area contributed by atoms with E-state index in [1.165, 1.54) is 0 Å². The van der Waals surface area contributed by atoms with E-state index < -0.39 is 0 Å². The summed E-state index contributed by atoms with van der Waals surface area (Å²) in [6.45, 7) is 7.32. The van der Waals surface area contributed by atoms with E-state index in [1.54, 1.807) is 7.05 Å². The van der Waals surface area contributed by atoms with Crippen molar-refractivity contribution in [3.8, 4) is 0 Å². The fraction of sp³-hybridized carbons (Fsp3) is 0.429. The molecule has 0 radical (unpaired) electrons. The summed E-state index contributed by atoms with van der Waals surface area (Å²) in [5.41, 5.74) is 1.10. The SMILES string of the molecule is CCN(/C(C=NC)=C/C(C)C)c1ccccn1. The van der Waals surface area contributed by atoms with Crippen molar-refractivity contribution in [1.82, 2.24) is 4.98 Å². The second kappa shape index (κ2) is 6.84. The average molecular weight is 231 g/mol. The smallest absolute Gasteiger partial charge is 0.132 e. The minimum absolute atomic E-state index is 0.487. The number of aromatic nitrogens is 1. The van der Waals surface area contributed by atoms with Crippen molar-refractivity contribution < 1.29 is 0 Å². The van der Waals surface area contributed by atoms with Crippen molar-refractivity contribution in [3.63, 3.8) is 0 Å². The lowest BCUT2D eigenvalue weighted by molar-refractivity contribution is 0.814. The molecule has 0 bridgehead atoms. The van der Waals surface area contributed by atoms with E-state index in [0.29, 0.717) is 5.92 Å². The number of allylic oxidation sites excluding steroid dienone is 2. The standard InChI is InChI=1S/C14H21N3/c1-5-17(14-8-6-7-9-16-14)13(11-15-4)10-12(2)3/h6-12H,5H2,1-4H3/b13-10+,15-11?. The summed E-state index contributed by atoms with van der Waals surface area (Å²) in [5.74, 6) is 1.45. The van der Waals surface area contributed by atoms with Gasteiger partial charge < -0.3 is 4.90 Å². The molecule has 0 aliphatic rings. The van der Waals surface area contributed by atoms with Gasteiger partial charge in [0.2, 0.25) is 0 Å².